The van der Waals surface area contributed by atoms with Crippen LogP contribution in [-0.2, 0) is 6.54 Å². The van der Waals surface area contributed by atoms with Gasteiger partial charge in [-0.3, -0.25) is 19.8 Å². The molecule has 0 spiro atoms. The average molecular weight is 297 g/mol. The molecule has 0 aromatic carbocycles. The molecule has 1 N–H and O–H groups in total. The smallest absolute Gasteiger partial charge is 0.272 e. The lowest BCUT2D eigenvalue weighted by Gasteiger charge is -2.27. The topological polar surface area (TPSA) is 66.3 Å². The van der Waals surface area contributed by atoms with E-state index >= 15 is 0 Å². The van der Waals surface area contributed by atoms with Crippen LogP contribution in [-0.4, -0.2) is 31.0 Å². The molecule has 0 radical (unpaired) electrons. The molecule has 0 fully saturated rings. The zero-order valence-corrected chi connectivity index (χ0v) is 12.7. The van der Waals surface area contributed by atoms with Crippen LogP contribution in [0.15, 0.2) is 47.7 Å². The number of H-pyrrole nitrogens is 1. The summed E-state index contributed by atoms with van der Waals surface area (Å²) in [5, 5.41) is 2.85. The Morgan fingerprint density at radius 2 is 2.27 bits per heavy atom. The van der Waals surface area contributed by atoms with E-state index in [4.69, 9.17) is 0 Å². The standard InChI is InChI=1S/C16H19N5O/c1-3-20(12(2)13-5-4-7-17-10-13)11-14-9-16(22)21-15(19-14)6-8-18-21/h4-10,12,18H,3,11H2,1-2H3. The predicted molar refractivity (Wildman–Crippen MR) is 84.5 cm³/mol. The molecular formula is C16H19N5O. The van der Waals surface area contributed by atoms with Gasteiger partial charge < -0.3 is 0 Å². The van der Waals surface area contributed by atoms with Gasteiger partial charge in [0.05, 0.1) is 5.69 Å². The number of hydrogen-bond donors (Lipinski definition) is 1. The van der Waals surface area contributed by atoms with E-state index in [-0.39, 0.29) is 11.6 Å². The summed E-state index contributed by atoms with van der Waals surface area (Å²) < 4.78 is 1.43. The van der Waals surface area contributed by atoms with Gasteiger partial charge in [0.2, 0.25) is 0 Å². The fourth-order valence-corrected chi connectivity index (χ4v) is 2.62. The minimum Gasteiger partial charge on any atom is -0.297 e. The van der Waals surface area contributed by atoms with Gasteiger partial charge in [-0.25, -0.2) is 9.50 Å². The maximum Gasteiger partial charge on any atom is 0.272 e. The van der Waals surface area contributed by atoms with Gasteiger partial charge in [-0.15, -0.1) is 0 Å². The van der Waals surface area contributed by atoms with E-state index in [0.717, 1.165) is 17.8 Å². The number of rotatable bonds is 5. The zero-order valence-electron chi connectivity index (χ0n) is 12.7. The molecule has 1 atom stereocenters. The quantitative estimate of drug-likeness (QED) is 0.782. The highest BCUT2D eigenvalue weighted by molar-refractivity contribution is 5.36. The molecule has 0 saturated carbocycles. The number of pyridine rings is 1. The van der Waals surface area contributed by atoms with Crippen molar-refractivity contribution in [1.82, 2.24) is 24.5 Å². The molecule has 114 valence electrons. The Labute approximate surface area is 128 Å². The van der Waals surface area contributed by atoms with Crippen molar-refractivity contribution in [3.8, 4) is 0 Å². The molecule has 1 unspecified atom stereocenters. The maximum absolute atomic E-state index is 12.0. The van der Waals surface area contributed by atoms with Gasteiger partial charge in [0.25, 0.3) is 5.56 Å². The number of nitrogens with zero attached hydrogens (tertiary/aromatic N) is 4. The van der Waals surface area contributed by atoms with Crippen molar-refractivity contribution < 1.29 is 0 Å². The van der Waals surface area contributed by atoms with Crippen LogP contribution in [0.4, 0.5) is 0 Å². The van der Waals surface area contributed by atoms with Gasteiger partial charge >= 0.3 is 0 Å². The average Bonchev–Trinajstić information content (AvgIpc) is 3.02. The van der Waals surface area contributed by atoms with Gasteiger partial charge in [0.15, 0.2) is 5.65 Å². The summed E-state index contributed by atoms with van der Waals surface area (Å²) in [5.74, 6) is 0. The summed E-state index contributed by atoms with van der Waals surface area (Å²) in [7, 11) is 0. The Balaban J connectivity index is 1.86. The number of hydrogen-bond acceptors (Lipinski definition) is 4. The predicted octanol–water partition coefficient (Wildman–Crippen LogP) is 2.00. The van der Waals surface area contributed by atoms with Crippen molar-refractivity contribution in [2.24, 2.45) is 0 Å². The van der Waals surface area contributed by atoms with Gasteiger partial charge in [-0.05, 0) is 25.1 Å². The van der Waals surface area contributed by atoms with Crippen molar-refractivity contribution in [1.29, 1.82) is 0 Å². The van der Waals surface area contributed by atoms with Crippen LogP contribution in [0.25, 0.3) is 5.65 Å². The summed E-state index contributed by atoms with van der Waals surface area (Å²) in [6, 6.07) is 7.60. The molecule has 0 bridgehead atoms. The molecule has 3 aromatic heterocycles. The normalized spacial score (nSPS) is 12.9. The first kappa shape index (κ1) is 14.5. The third-order valence-electron chi connectivity index (χ3n) is 3.92. The summed E-state index contributed by atoms with van der Waals surface area (Å²) in [6.45, 7) is 5.74. The Bertz CT molecular complexity index is 808. The Kier molecular flexibility index (Phi) is 4.02. The SMILES string of the molecule is CCN(Cc1cc(=O)n2[nH]ccc2n1)C(C)c1cccnc1. The third-order valence-corrected chi connectivity index (χ3v) is 3.92. The van der Waals surface area contributed by atoms with Crippen molar-refractivity contribution in [3.63, 3.8) is 0 Å². The number of nitrogens with one attached hydrogen (secondary N) is 1. The van der Waals surface area contributed by atoms with E-state index in [0.29, 0.717) is 12.2 Å². The molecule has 6 nitrogen and oxygen atoms in total. The highest BCUT2D eigenvalue weighted by Gasteiger charge is 2.16. The first-order valence-corrected chi connectivity index (χ1v) is 7.39. The molecule has 22 heavy (non-hydrogen) atoms. The van der Waals surface area contributed by atoms with E-state index in [1.165, 1.54) is 4.52 Å². The van der Waals surface area contributed by atoms with Gasteiger partial charge in [-0.1, -0.05) is 13.0 Å². The largest absolute Gasteiger partial charge is 0.297 e. The second-order valence-corrected chi connectivity index (χ2v) is 5.27. The summed E-state index contributed by atoms with van der Waals surface area (Å²) in [6.07, 6.45) is 5.36. The number of fused-ring (bicyclic) bond motifs is 1. The number of aromatic nitrogens is 4. The van der Waals surface area contributed by atoms with E-state index in [9.17, 15) is 4.79 Å². The zero-order chi connectivity index (χ0) is 15.5. The lowest BCUT2D eigenvalue weighted by molar-refractivity contribution is 0.210. The van der Waals surface area contributed by atoms with Crippen molar-refractivity contribution in [2.45, 2.75) is 26.4 Å². The first-order chi connectivity index (χ1) is 10.7. The molecule has 0 saturated heterocycles. The van der Waals surface area contributed by atoms with Crippen molar-refractivity contribution >= 4 is 5.65 Å². The minimum absolute atomic E-state index is 0.0879. The van der Waals surface area contributed by atoms with E-state index < -0.39 is 0 Å². The van der Waals surface area contributed by atoms with Crippen LogP contribution >= 0.6 is 0 Å². The van der Waals surface area contributed by atoms with Crippen LogP contribution in [0, 0.1) is 0 Å². The van der Waals surface area contributed by atoms with E-state index in [1.54, 1.807) is 24.5 Å². The fraction of sp³-hybridized carbons (Fsp3) is 0.312. The van der Waals surface area contributed by atoms with Crippen LogP contribution in [0.5, 0.6) is 0 Å². The Morgan fingerprint density at radius 3 is 3.00 bits per heavy atom. The van der Waals surface area contributed by atoms with Gasteiger partial charge in [0, 0.05) is 43.3 Å². The molecule has 6 heteroatoms. The Morgan fingerprint density at radius 1 is 1.41 bits per heavy atom. The van der Waals surface area contributed by atoms with Gasteiger partial charge in [0.1, 0.15) is 0 Å². The summed E-state index contributed by atoms with van der Waals surface area (Å²) in [4.78, 5) is 23.0. The minimum atomic E-state index is -0.0879. The maximum atomic E-state index is 12.0. The molecule has 0 aliphatic rings. The van der Waals surface area contributed by atoms with Crippen molar-refractivity contribution in [3.05, 3.63) is 64.5 Å². The molecule has 0 amide bonds. The lowest BCUT2D eigenvalue weighted by atomic mass is 10.1. The molecule has 0 aliphatic heterocycles. The van der Waals surface area contributed by atoms with Crippen LogP contribution in [0.1, 0.15) is 31.1 Å². The van der Waals surface area contributed by atoms with Crippen LogP contribution in [0.2, 0.25) is 0 Å². The summed E-state index contributed by atoms with van der Waals surface area (Å²) in [5.41, 5.74) is 2.49. The first-order valence-electron chi connectivity index (χ1n) is 7.39. The fourth-order valence-electron chi connectivity index (χ4n) is 2.62. The second kappa shape index (κ2) is 6.11. The third kappa shape index (κ3) is 2.78. The van der Waals surface area contributed by atoms with Crippen LogP contribution in [0.3, 0.4) is 0 Å². The number of aromatic amines is 1. The highest BCUT2D eigenvalue weighted by atomic mass is 16.1. The van der Waals surface area contributed by atoms with E-state index in [1.807, 2.05) is 12.3 Å². The lowest BCUT2D eigenvalue weighted by Crippen LogP contribution is -2.28. The van der Waals surface area contributed by atoms with Crippen LogP contribution < -0.4 is 5.56 Å². The molecular weight excluding hydrogens is 278 g/mol. The molecule has 3 rings (SSSR count). The van der Waals surface area contributed by atoms with Gasteiger partial charge in [-0.2, -0.15) is 0 Å². The molecule has 0 aliphatic carbocycles. The summed E-state index contributed by atoms with van der Waals surface area (Å²) >= 11 is 0. The molecule has 3 heterocycles. The highest BCUT2D eigenvalue weighted by Crippen LogP contribution is 2.20. The van der Waals surface area contributed by atoms with E-state index in [2.05, 4.69) is 39.9 Å². The Hall–Kier alpha value is -2.47. The second-order valence-electron chi connectivity index (χ2n) is 5.27. The monoisotopic (exact) mass is 297 g/mol. The molecule has 3 aromatic rings. The van der Waals surface area contributed by atoms with Crippen molar-refractivity contribution in [2.75, 3.05) is 6.54 Å².